The Balaban J connectivity index is 2.53. The van der Waals surface area contributed by atoms with E-state index in [0.29, 0.717) is 6.54 Å². The van der Waals surface area contributed by atoms with Crippen molar-refractivity contribution in [2.75, 3.05) is 13.6 Å². The number of likely N-dealkylation sites (N-methyl/N-ethyl adjacent to an activating group) is 1. The summed E-state index contributed by atoms with van der Waals surface area (Å²) in [4.78, 5) is 16.9. The zero-order valence-corrected chi connectivity index (χ0v) is 9.97. The van der Waals surface area contributed by atoms with Crippen LogP contribution in [0.15, 0.2) is 24.5 Å². The first-order valence-electron chi connectivity index (χ1n) is 5.28. The molecule has 0 atom stereocenters. The molecule has 0 radical (unpaired) electrons. The van der Waals surface area contributed by atoms with Gasteiger partial charge in [-0.05, 0) is 38.9 Å². The first kappa shape index (κ1) is 12.6. The predicted molar refractivity (Wildman–Crippen MR) is 62.3 cm³/mol. The van der Waals surface area contributed by atoms with Crippen LogP contribution < -0.4 is 0 Å². The lowest BCUT2D eigenvalue weighted by Crippen LogP contribution is -2.48. The number of hydrogen-bond donors (Lipinski definition) is 1. The summed E-state index contributed by atoms with van der Waals surface area (Å²) in [6.07, 6.45) is 4.34. The van der Waals surface area contributed by atoms with E-state index in [1.807, 2.05) is 30.3 Å². The van der Waals surface area contributed by atoms with Gasteiger partial charge in [0.2, 0.25) is 0 Å². The van der Waals surface area contributed by atoms with E-state index >= 15 is 0 Å². The summed E-state index contributed by atoms with van der Waals surface area (Å²) in [6, 6.07) is 3.88. The Morgan fingerprint density at radius 2 is 2.25 bits per heavy atom. The molecule has 16 heavy (non-hydrogen) atoms. The molecule has 1 N–H and O–H groups in total. The molecular formula is C12H18N2O2. The van der Waals surface area contributed by atoms with E-state index in [0.717, 1.165) is 12.0 Å². The van der Waals surface area contributed by atoms with Crippen LogP contribution in [-0.4, -0.2) is 40.1 Å². The number of hydrogen-bond acceptors (Lipinski definition) is 3. The minimum absolute atomic E-state index is 0.699. The predicted octanol–water partition coefficient (Wildman–Crippen LogP) is 1.42. The number of carboxylic acids is 1. The second-order valence-electron chi connectivity index (χ2n) is 4.40. The fourth-order valence-corrected chi connectivity index (χ4v) is 1.29. The Morgan fingerprint density at radius 1 is 1.56 bits per heavy atom. The molecule has 0 bridgehead atoms. The molecule has 0 aliphatic heterocycles. The molecule has 1 aromatic heterocycles. The van der Waals surface area contributed by atoms with E-state index in [4.69, 9.17) is 5.11 Å². The molecule has 0 aromatic carbocycles. The largest absolute Gasteiger partial charge is 0.480 e. The van der Waals surface area contributed by atoms with Crippen LogP contribution >= 0.6 is 0 Å². The maximum atomic E-state index is 11.0. The van der Waals surface area contributed by atoms with Gasteiger partial charge in [0.15, 0.2) is 0 Å². The van der Waals surface area contributed by atoms with Crippen LogP contribution in [0.1, 0.15) is 19.4 Å². The third kappa shape index (κ3) is 3.03. The maximum Gasteiger partial charge on any atom is 0.323 e. The zero-order valence-electron chi connectivity index (χ0n) is 9.97. The first-order valence-corrected chi connectivity index (χ1v) is 5.28. The van der Waals surface area contributed by atoms with Gasteiger partial charge in [-0.15, -0.1) is 0 Å². The summed E-state index contributed by atoms with van der Waals surface area (Å²) >= 11 is 0. The summed E-state index contributed by atoms with van der Waals surface area (Å²) in [5.41, 5.74) is 0.290. The summed E-state index contributed by atoms with van der Waals surface area (Å²) < 4.78 is 0. The second kappa shape index (κ2) is 5.07. The van der Waals surface area contributed by atoms with Crippen molar-refractivity contribution in [2.45, 2.75) is 25.8 Å². The van der Waals surface area contributed by atoms with Crippen LogP contribution in [0.2, 0.25) is 0 Å². The third-order valence-corrected chi connectivity index (χ3v) is 2.94. The lowest BCUT2D eigenvalue weighted by atomic mass is 10.0. The van der Waals surface area contributed by atoms with Crippen LogP contribution in [-0.2, 0) is 11.2 Å². The molecule has 88 valence electrons. The Hall–Kier alpha value is -1.42. The Bertz CT molecular complexity index is 349. The maximum absolute atomic E-state index is 11.0. The smallest absolute Gasteiger partial charge is 0.323 e. The summed E-state index contributed by atoms with van der Waals surface area (Å²) in [7, 11) is 1.82. The van der Waals surface area contributed by atoms with Crippen LogP contribution in [0.4, 0.5) is 0 Å². The molecule has 0 saturated heterocycles. The number of aromatic nitrogens is 1. The Kier molecular flexibility index (Phi) is 4.01. The normalized spacial score (nSPS) is 11.8. The van der Waals surface area contributed by atoms with Gasteiger partial charge in [-0.25, -0.2) is 0 Å². The quantitative estimate of drug-likeness (QED) is 0.818. The van der Waals surface area contributed by atoms with Gasteiger partial charge >= 0.3 is 5.97 Å². The monoisotopic (exact) mass is 222 g/mol. The highest BCUT2D eigenvalue weighted by atomic mass is 16.4. The van der Waals surface area contributed by atoms with Crippen LogP contribution in [0.3, 0.4) is 0 Å². The van der Waals surface area contributed by atoms with Gasteiger partial charge in [-0.2, -0.15) is 0 Å². The highest BCUT2D eigenvalue weighted by molar-refractivity contribution is 5.77. The number of carbonyl (C=O) groups is 1. The molecule has 0 unspecified atom stereocenters. The fraction of sp³-hybridized carbons (Fsp3) is 0.500. The summed E-state index contributed by atoms with van der Waals surface area (Å²) in [6.45, 7) is 4.11. The van der Waals surface area contributed by atoms with Crippen LogP contribution in [0.5, 0.6) is 0 Å². The molecule has 4 heteroatoms. The van der Waals surface area contributed by atoms with E-state index in [1.165, 1.54) is 0 Å². The lowest BCUT2D eigenvalue weighted by Gasteiger charge is -2.31. The van der Waals surface area contributed by atoms with E-state index in [1.54, 1.807) is 20.0 Å². The van der Waals surface area contributed by atoms with Crippen molar-refractivity contribution in [1.82, 2.24) is 9.88 Å². The third-order valence-electron chi connectivity index (χ3n) is 2.94. The molecule has 4 nitrogen and oxygen atoms in total. The fourth-order valence-electron chi connectivity index (χ4n) is 1.29. The van der Waals surface area contributed by atoms with Crippen molar-refractivity contribution in [3.63, 3.8) is 0 Å². The molecule has 0 saturated carbocycles. The van der Waals surface area contributed by atoms with Crippen molar-refractivity contribution < 1.29 is 9.90 Å². The summed E-state index contributed by atoms with van der Waals surface area (Å²) in [5.74, 6) is -0.804. The molecule has 1 aromatic rings. The minimum Gasteiger partial charge on any atom is -0.480 e. The number of pyridine rings is 1. The average Bonchev–Trinajstić information content (AvgIpc) is 2.27. The molecule has 0 fully saturated rings. The Labute approximate surface area is 95.9 Å². The van der Waals surface area contributed by atoms with Crippen molar-refractivity contribution in [2.24, 2.45) is 0 Å². The van der Waals surface area contributed by atoms with Crippen molar-refractivity contribution >= 4 is 5.97 Å². The van der Waals surface area contributed by atoms with E-state index in [-0.39, 0.29) is 0 Å². The van der Waals surface area contributed by atoms with Crippen molar-refractivity contribution in [1.29, 1.82) is 0 Å². The van der Waals surface area contributed by atoms with Crippen molar-refractivity contribution in [3.8, 4) is 0 Å². The molecule has 1 heterocycles. The number of rotatable bonds is 5. The minimum atomic E-state index is -0.831. The van der Waals surface area contributed by atoms with E-state index < -0.39 is 11.5 Å². The zero-order chi connectivity index (χ0) is 12.2. The molecular weight excluding hydrogens is 204 g/mol. The molecule has 0 amide bonds. The van der Waals surface area contributed by atoms with E-state index in [9.17, 15) is 4.79 Å². The van der Waals surface area contributed by atoms with Gasteiger partial charge < -0.3 is 5.11 Å². The second-order valence-corrected chi connectivity index (χ2v) is 4.40. The molecule has 0 aliphatic carbocycles. The van der Waals surface area contributed by atoms with Gasteiger partial charge in [0.25, 0.3) is 0 Å². The van der Waals surface area contributed by atoms with Crippen LogP contribution in [0, 0.1) is 0 Å². The highest BCUT2D eigenvalue weighted by Gasteiger charge is 2.31. The van der Waals surface area contributed by atoms with Gasteiger partial charge in [0.05, 0.1) is 0 Å². The standard InChI is InChI=1S/C12H18N2O2/c1-12(2,11(15)16)14(3)8-6-10-5-4-7-13-9-10/h4-5,7,9H,6,8H2,1-3H3,(H,15,16). The van der Waals surface area contributed by atoms with Gasteiger partial charge in [-0.1, -0.05) is 6.07 Å². The summed E-state index contributed by atoms with van der Waals surface area (Å²) in [5, 5.41) is 9.05. The van der Waals surface area contributed by atoms with Gasteiger partial charge in [0, 0.05) is 18.9 Å². The number of aliphatic carboxylic acids is 1. The number of carboxylic acid groups (broad SMARTS) is 1. The highest BCUT2D eigenvalue weighted by Crippen LogP contribution is 2.13. The van der Waals surface area contributed by atoms with E-state index in [2.05, 4.69) is 4.98 Å². The average molecular weight is 222 g/mol. The first-order chi connectivity index (χ1) is 7.44. The van der Waals surface area contributed by atoms with Crippen LogP contribution in [0.25, 0.3) is 0 Å². The SMILES string of the molecule is CN(CCc1cccnc1)C(C)(C)C(=O)O. The van der Waals surface area contributed by atoms with Gasteiger partial charge in [-0.3, -0.25) is 14.7 Å². The molecule has 0 spiro atoms. The van der Waals surface area contributed by atoms with Crippen molar-refractivity contribution in [3.05, 3.63) is 30.1 Å². The molecule has 0 aliphatic rings. The van der Waals surface area contributed by atoms with Gasteiger partial charge in [0.1, 0.15) is 5.54 Å². The topological polar surface area (TPSA) is 53.4 Å². The Morgan fingerprint density at radius 3 is 2.75 bits per heavy atom. The number of nitrogens with zero attached hydrogens (tertiary/aromatic N) is 2. The molecule has 1 rings (SSSR count). The lowest BCUT2D eigenvalue weighted by molar-refractivity contribution is -0.148.